The van der Waals surface area contributed by atoms with Gasteiger partial charge in [0.15, 0.2) is 5.50 Å². The fourth-order valence-corrected chi connectivity index (χ4v) is 4.03. The number of aryl methyl sites for hydroxylation is 1. The van der Waals surface area contributed by atoms with Crippen LogP contribution in [-0.2, 0) is 0 Å². The molecule has 0 amide bonds. The Morgan fingerprint density at radius 2 is 1.96 bits per heavy atom. The highest BCUT2D eigenvalue weighted by atomic mass is 35.5. The molecule has 0 saturated carbocycles. The predicted octanol–water partition coefficient (Wildman–Crippen LogP) is 5.22. The number of hydrogen-bond donors (Lipinski definition) is 3. The molecule has 2 aromatic rings. The fourth-order valence-electron chi connectivity index (χ4n) is 2.88. The van der Waals surface area contributed by atoms with Gasteiger partial charge in [-0.3, -0.25) is 5.43 Å². The number of hydrogen-bond acceptors (Lipinski definition) is 5. The summed E-state index contributed by atoms with van der Waals surface area (Å²) in [5.41, 5.74) is 9.18. The lowest BCUT2D eigenvalue weighted by Gasteiger charge is -2.22. The standard InChI is InChI=1S/C20H18Cl2N4S/c1-12-2-7-17-14(8-12)9-15(19(22)24-17)10-23-26-20-25-18(11-27-20)13-3-5-16(21)6-4-13/h2-11,19-20,24-26H,1H3/b23-10-/t19-,20-/m0/s1. The Hall–Kier alpha value is -2.08. The lowest BCUT2D eigenvalue weighted by atomic mass is 10.0. The van der Waals surface area contributed by atoms with Gasteiger partial charge in [0.05, 0.1) is 11.9 Å². The molecule has 0 aliphatic carbocycles. The third-order valence-electron chi connectivity index (χ3n) is 4.27. The van der Waals surface area contributed by atoms with Crippen molar-refractivity contribution >= 4 is 58.6 Å². The molecule has 27 heavy (non-hydrogen) atoms. The van der Waals surface area contributed by atoms with Crippen molar-refractivity contribution in [3.8, 4) is 0 Å². The van der Waals surface area contributed by atoms with E-state index in [0.717, 1.165) is 33.1 Å². The highest BCUT2D eigenvalue weighted by Crippen LogP contribution is 2.29. The zero-order chi connectivity index (χ0) is 18.8. The van der Waals surface area contributed by atoms with Crippen molar-refractivity contribution < 1.29 is 0 Å². The number of nitrogens with zero attached hydrogens (tertiary/aromatic N) is 1. The van der Waals surface area contributed by atoms with E-state index in [1.54, 1.807) is 18.0 Å². The molecule has 2 heterocycles. The molecule has 0 bridgehead atoms. The maximum absolute atomic E-state index is 6.42. The quantitative estimate of drug-likeness (QED) is 0.277. The van der Waals surface area contributed by atoms with Gasteiger partial charge >= 0.3 is 0 Å². The van der Waals surface area contributed by atoms with Gasteiger partial charge in [-0.15, -0.1) is 0 Å². The zero-order valence-electron chi connectivity index (χ0n) is 14.5. The van der Waals surface area contributed by atoms with E-state index in [0.29, 0.717) is 0 Å². The van der Waals surface area contributed by atoms with Gasteiger partial charge in [0.25, 0.3) is 0 Å². The van der Waals surface area contributed by atoms with Crippen molar-refractivity contribution in [3.05, 3.63) is 75.2 Å². The van der Waals surface area contributed by atoms with Crippen molar-refractivity contribution in [1.29, 1.82) is 0 Å². The molecule has 0 unspecified atom stereocenters. The third kappa shape index (κ3) is 4.26. The minimum Gasteiger partial charge on any atom is -0.365 e. The number of halogens is 2. The van der Waals surface area contributed by atoms with Crippen molar-refractivity contribution in [2.24, 2.45) is 5.10 Å². The van der Waals surface area contributed by atoms with E-state index < -0.39 is 0 Å². The second-order valence-corrected chi connectivity index (χ2v) is 8.18. The smallest absolute Gasteiger partial charge is 0.165 e. The fraction of sp³-hybridized carbons (Fsp3) is 0.150. The van der Waals surface area contributed by atoms with Gasteiger partial charge in [-0.2, -0.15) is 5.10 Å². The summed E-state index contributed by atoms with van der Waals surface area (Å²) in [6, 6.07) is 14.0. The van der Waals surface area contributed by atoms with E-state index >= 15 is 0 Å². The normalized spacial score (nSPS) is 21.1. The van der Waals surface area contributed by atoms with Crippen LogP contribution in [0.1, 0.15) is 16.7 Å². The van der Waals surface area contributed by atoms with E-state index in [1.165, 1.54) is 5.56 Å². The van der Waals surface area contributed by atoms with E-state index in [9.17, 15) is 0 Å². The first-order valence-corrected chi connectivity index (χ1v) is 10.2. The first-order valence-electron chi connectivity index (χ1n) is 8.48. The summed E-state index contributed by atoms with van der Waals surface area (Å²) < 4.78 is 0. The van der Waals surface area contributed by atoms with Gasteiger partial charge in [0.2, 0.25) is 0 Å². The molecule has 0 aromatic heterocycles. The second kappa shape index (κ2) is 7.89. The number of thioether (sulfide) groups is 1. The number of benzene rings is 2. The highest BCUT2D eigenvalue weighted by molar-refractivity contribution is 8.03. The SMILES string of the molecule is Cc1ccc2c(c1)C=C(/C=N\N[C@@H]1NC(c3ccc(Cl)cc3)=CS1)[C@@H](Cl)N2. The second-order valence-electron chi connectivity index (χ2n) is 6.33. The number of hydrazone groups is 1. The average molecular weight is 417 g/mol. The summed E-state index contributed by atoms with van der Waals surface area (Å²) in [7, 11) is 0. The Balaban J connectivity index is 1.38. The van der Waals surface area contributed by atoms with Crippen LogP contribution in [0.3, 0.4) is 0 Å². The van der Waals surface area contributed by atoms with Crippen molar-refractivity contribution in [2.75, 3.05) is 5.32 Å². The third-order valence-corrected chi connectivity index (χ3v) is 5.75. The van der Waals surface area contributed by atoms with Crippen LogP contribution in [0.25, 0.3) is 11.8 Å². The summed E-state index contributed by atoms with van der Waals surface area (Å²) in [4.78, 5) is 0. The molecular formula is C20H18Cl2N4S. The molecule has 2 aliphatic rings. The maximum atomic E-state index is 6.42. The first-order chi connectivity index (χ1) is 13.1. The van der Waals surface area contributed by atoms with E-state index in [4.69, 9.17) is 23.2 Å². The topological polar surface area (TPSA) is 48.5 Å². The molecular weight excluding hydrogens is 399 g/mol. The highest BCUT2D eigenvalue weighted by Gasteiger charge is 2.19. The first kappa shape index (κ1) is 18.3. The number of rotatable bonds is 4. The lowest BCUT2D eigenvalue weighted by Crippen LogP contribution is -2.32. The summed E-state index contributed by atoms with van der Waals surface area (Å²) in [6.07, 6.45) is 3.83. The predicted molar refractivity (Wildman–Crippen MR) is 118 cm³/mol. The molecule has 3 N–H and O–H groups in total. The molecule has 138 valence electrons. The minimum atomic E-state index is -0.308. The number of nitrogens with one attached hydrogen (secondary N) is 3. The zero-order valence-corrected chi connectivity index (χ0v) is 16.9. The Labute approximate surface area is 172 Å². The molecule has 4 rings (SSSR count). The molecule has 2 atom stereocenters. The van der Waals surface area contributed by atoms with E-state index in [-0.39, 0.29) is 11.0 Å². The van der Waals surface area contributed by atoms with Gasteiger partial charge in [0.1, 0.15) is 5.50 Å². The van der Waals surface area contributed by atoms with Crippen molar-refractivity contribution in [2.45, 2.75) is 17.9 Å². The molecule has 0 fully saturated rings. The van der Waals surface area contributed by atoms with Crippen LogP contribution in [0.15, 0.2) is 58.5 Å². The molecule has 4 nitrogen and oxygen atoms in total. The molecule has 0 spiro atoms. The number of anilines is 1. The minimum absolute atomic E-state index is 0.0348. The molecule has 0 radical (unpaired) electrons. The van der Waals surface area contributed by atoms with Crippen LogP contribution in [0.4, 0.5) is 5.69 Å². The van der Waals surface area contributed by atoms with Crippen LogP contribution < -0.4 is 16.1 Å². The lowest BCUT2D eigenvalue weighted by molar-refractivity contribution is 0.657. The van der Waals surface area contributed by atoms with Crippen LogP contribution >= 0.6 is 35.0 Å². The Morgan fingerprint density at radius 3 is 2.78 bits per heavy atom. The van der Waals surface area contributed by atoms with Crippen LogP contribution in [0.2, 0.25) is 5.02 Å². The maximum Gasteiger partial charge on any atom is 0.165 e. The number of fused-ring (bicyclic) bond motifs is 1. The Morgan fingerprint density at radius 1 is 1.15 bits per heavy atom. The monoisotopic (exact) mass is 416 g/mol. The molecule has 2 aliphatic heterocycles. The molecule has 2 aromatic carbocycles. The molecule has 7 heteroatoms. The van der Waals surface area contributed by atoms with E-state index in [2.05, 4.69) is 51.7 Å². The van der Waals surface area contributed by atoms with Crippen molar-refractivity contribution in [3.63, 3.8) is 0 Å². The summed E-state index contributed by atoms with van der Waals surface area (Å²) in [5.74, 6) is 0. The van der Waals surface area contributed by atoms with Crippen LogP contribution in [0, 0.1) is 6.92 Å². The largest absolute Gasteiger partial charge is 0.365 e. The Bertz CT molecular complexity index is 937. The Kier molecular flexibility index (Phi) is 5.34. The van der Waals surface area contributed by atoms with Crippen LogP contribution in [0.5, 0.6) is 0 Å². The van der Waals surface area contributed by atoms with Gasteiger partial charge in [-0.05, 0) is 53.8 Å². The summed E-state index contributed by atoms with van der Waals surface area (Å²) in [5, 5.41) is 13.8. The van der Waals surface area contributed by atoms with E-state index in [1.807, 2.05) is 30.3 Å². The average Bonchev–Trinajstić information content (AvgIpc) is 3.12. The van der Waals surface area contributed by atoms with Gasteiger partial charge < -0.3 is 10.6 Å². The van der Waals surface area contributed by atoms with Gasteiger partial charge in [-0.1, -0.05) is 58.7 Å². The van der Waals surface area contributed by atoms with Crippen molar-refractivity contribution in [1.82, 2.24) is 10.7 Å². The van der Waals surface area contributed by atoms with Gasteiger partial charge in [-0.25, -0.2) is 0 Å². The summed E-state index contributed by atoms with van der Waals surface area (Å²) >= 11 is 14.0. The molecule has 0 saturated heterocycles. The van der Waals surface area contributed by atoms with Gasteiger partial charge in [0, 0.05) is 16.3 Å². The summed E-state index contributed by atoms with van der Waals surface area (Å²) in [6.45, 7) is 2.07. The van der Waals surface area contributed by atoms with Crippen LogP contribution in [-0.4, -0.2) is 17.2 Å². The number of alkyl halides is 1.